The lowest BCUT2D eigenvalue weighted by molar-refractivity contribution is 0.483. The maximum atomic E-state index is 12.4. The van der Waals surface area contributed by atoms with Gasteiger partial charge in [0.1, 0.15) is 10.6 Å². The summed E-state index contributed by atoms with van der Waals surface area (Å²) >= 11 is 0. The van der Waals surface area contributed by atoms with Crippen molar-refractivity contribution in [1.82, 2.24) is 0 Å². The maximum Gasteiger partial charge on any atom is 0.339 e. The normalized spacial score (nSPS) is 12.2. The summed E-state index contributed by atoms with van der Waals surface area (Å²) < 4.78 is 30.1. The Balaban J connectivity index is 2.33. The molecule has 0 N–H and O–H groups in total. The smallest absolute Gasteiger partial charge is 0.339 e. The van der Waals surface area contributed by atoms with Crippen molar-refractivity contribution >= 4 is 10.1 Å². The molecule has 0 radical (unpaired) electrons. The molecular formula is C18H22O3S. The molecule has 0 heterocycles. The third kappa shape index (κ3) is 3.50. The molecular weight excluding hydrogens is 296 g/mol. The number of benzene rings is 2. The zero-order valence-corrected chi connectivity index (χ0v) is 14.5. The summed E-state index contributed by atoms with van der Waals surface area (Å²) in [5, 5.41) is 0. The second-order valence-electron chi connectivity index (χ2n) is 6.51. The van der Waals surface area contributed by atoms with Crippen LogP contribution in [0.15, 0.2) is 47.4 Å². The topological polar surface area (TPSA) is 43.4 Å². The SMILES string of the molecule is Cc1cccc(OS(=O)(=O)c2ccc(C(C)(C)C)cc2)c1C. The van der Waals surface area contributed by atoms with E-state index in [0.717, 1.165) is 16.7 Å². The molecule has 118 valence electrons. The predicted molar refractivity (Wildman–Crippen MR) is 88.9 cm³/mol. The van der Waals surface area contributed by atoms with Gasteiger partial charge >= 0.3 is 10.1 Å². The van der Waals surface area contributed by atoms with Gasteiger partial charge in [0.25, 0.3) is 0 Å². The van der Waals surface area contributed by atoms with E-state index in [9.17, 15) is 8.42 Å². The van der Waals surface area contributed by atoms with E-state index in [2.05, 4.69) is 20.8 Å². The standard InChI is InChI=1S/C18H22O3S/c1-13-7-6-8-17(14(13)2)21-22(19,20)16-11-9-15(10-12-16)18(3,4)5/h6-12H,1-5H3. The van der Waals surface area contributed by atoms with Crippen LogP contribution in [-0.2, 0) is 15.5 Å². The molecule has 0 aliphatic carbocycles. The minimum atomic E-state index is -3.81. The van der Waals surface area contributed by atoms with Gasteiger partial charge in [0.15, 0.2) is 0 Å². The fourth-order valence-corrected chi connectivity index (χ4v) is 3.08. The van der Waals surface area contributed by atoms with Crippen LogP contribution in [0.1, 0.15) is 37.5 Å². The summed E-state index contributed by atoms with van der Waals surface area (Å²) in [4.78, 5) is 0.168. The van der Waals surface area contributed by atoms with Gasteiger partial charge in [-0.3, -0.25) is 0 Å². The van der Waals surface area contributed by atoms with E-state index in [1.807, 2.05) is 32.0 Å². The highest BCUT2D eigenvalue weighted by atomic mass is 32.2. The number of hydrogen-bond acceptors (Lipinski definition) is 3. The van der Waals surface area contributed by atoms with Crippen molar-refractivity contribution < 1.29 is 12.6 Å². The third-order valence-corrected chi connectivity index (χ3v) is 5.01. The third-order valence-electron chi connectivity index (χ3n) is 3.76. The Bertz CT molecular complexity index is 767. The summed E-state index contributed by atoms with van der Waals surface area (Å²) in [6, 6.07) is 12.2. The van der Waals surface area contributed by atoms with Crippen molar-refractivity contribution in [2.45, 2.75) is 44.9 Å². The minimum absolute atomic E-state index is 0.0176. The number of aryl methyl sites for hydroxylation is 1. The first-order chi connectivity index (χ1) is 10.1. The zero-order chi connectivity index (χ0) is 16.5. The average Bonchev–Trinajstić information content (AvgIpc) is 2.43. The second-order valence-corrected chi connectivity index (χ2v) is 8.06. The van der Waals surface area contributed by atoms with Crippen molar-refractivity contribution in [3.63, 3.8) is 0 Å². The first kappa shape index (κ1) is 16.6. The molecule has 3 nitrogen and oxygen atoms in total. The highest BCUT2D eigenvalue weighted by Gasteiger charge is 2.20. The summed E-state index contributed by atoms with van der Waals surface area (Å²) in [5.41, 5.74) is 2.89. The molecule has 2 rings (SSSR count). The summed E-state index contributed by atoms with van der Waals surface area (Å²) in [6.45, 7) is 10.0. The molecule has 0 atom stereocenters. The molecule has 0 saturated carbocycles. The van der Waals surface area contributed by atoms with E-state index in [1.54, 1.807) is 24.3 Å². The highest BCUT2D eigenvalue weighted by molar-refractivity contribution is 7.87. The number of rotatable bonds is 3. The van der Waals surface area contributed by atoms with Crippen LogP contribution in [0.4, 0.5) is 0 Å². The van der Waals surface area contributed by atoms with Gasteiger partial charge in [0.05, 0.1) is 0 Å². The first-order valence-corrected chi connectivity index (χ1v) is 8.63. The monoisotopic (exact) mass is 318 g/mol. The Morgan fingerprint density at radius 1 is 0.909 bits per heavy atom. The molecule has 0 fully saturated rings. The van der Waals surface area contributed by atoms with E-state index in [0.29, 0.717) is 5.75 Å². The Kier molecular flexibility index (Phi) is 4.34. The fourth-order valence-electron chi connectivity index (χ4n) is 2.10. The van der Waals surface area contributed by atoms with Gasteiger partial charge in [-0.15, -0.1) is 0 Å². The largest absolute Gasteiger partial charge is 0.379 e. The molecule has 0 aliphatic heterocycles. The molecule has 0 unspecified atom stereocenters. The molecule has 0 aromatic heterocycles. The van der Waals surface area contributed by atoms with Gasteiger partial charge in [-0.05, 0) is 54.2 Å². The van der Waals surface area contributed by atoms with Crippen LogP contribution in [0.3, 0.4) is 0 Å². The molecule has 2 aromatic rings. The van der Waals surface area contributed by atoms with Crippen LogP contribution in [0.2, 0.25) is 0 Å². The molecule has 0 amide bonds. The van der Waals surface area contributed by atoms with Crippen LogP contribution in [-0.4, -0.2) is 8.42 Å². The lowest BCUT2D eigenvalue weighted by Crippen LogP contribution is -2.13. The van der Waals surface area contributed by atoms with E-state index < -0.39 is 10.1 Å². The second kappa shape index (κ2) is 5.76. The Hall–Kier alpha value is -1.81. The zero-order valence-electron chi connectivity index (χ0n) is 13.7. The Morgan fingerprint density at radius 3 is 2.05 bits per heavy atom. The molecule has 0 saturated heterocycles. The van der Waals surface area contributed by atoms with Crippen molar-refractivity contribution in [3.05, 3.63) is 59.2 Å². The van der Waals surface area contributed by atoms with Crippen LogP contribution in [0.25, 0.3) is 0 Å². The molecule has 0 bridgehead atoms. The van der Waals surface area contributed by atoms with Gasteiger partial charge in [0, 0.05) is 0 Å². The molecule has 0 spiro atoms. The van der Waals surface area contributed by atoms with E-state index in [-0.39, 0.29) is 10.3 Å². The average molecular weight is 318 g/mol. The first-order valence-electron chi connectivity index (χ1n) is 7.22. The van der Waals surface area contributed by atoms with Crippen molar-refractivity contribution in [3.8, 4) is 5.75 Å². The fraction of sp³-hybridized carbons (Fsp3) is 0.333. The minimum Gasteiger partial charge on any atom is -0.379 e. The van der Waals surface area contributed by atoms with Crippen molar-refractivity contribution in [1.29, 1.82) is 0 Å². The quantitative estimate of drug-likeness (QED) is 0.789. The lowest BCUT2D eigenvalue weighted by Gasteiger charge is -2.19. The van der Waals surface area contributed by atoms with Crippen LogP contribution in [0.5, 0.6) is 5.75 Å². The van der Waals surface area contributed by atoms with Crippen LogP contribution >= 0.6 is 0 Å². The van der Waals surface area contributed by atoms with E-state index >= 15 is 0 Å². The van der Waals surface area contributed by atoms with Crippen molar-refractivity contribution in [2.75, 3.05) is 0 Å². The molecule has 4 heteroatoms. The summed E-state index contributed by atoms with van der Waals surface area (Å²) in [7, 11) is -3.81. The lowest BCUT2D eigenvalue weighted by atomic mass is 9.87. The molecule has 2 aromatic carbocycles. The van der Waals surface area contributed by atoms with Crippen LogP contribution in [0, 0.1) is 13.8 Å². The number of hydrogen-bond donors (Lipinski definition) is 0. The van der Waals surface area contributed by atoms with Crippen molar-refractivity contribution in [2.24, 2.45) is 0 Å². The predicted octanol–water partition coefficient (Wildman–Crippen LogP) is 4.37. The van der Waals surface area contributed by atoms with Gasteiger partial charge in [-0.2, -0.15) is 8.42 Å². The summed E-state index contributed by atoms with van der Waals surface area (Å²) in [6.07, 6.45) is 0. The van der Waals surface area contributed by atoms with E-state index in [1.165, 1.54) is 0 Å². The van der Waals surface area contributed by atoms with Crippen LogP contribution < -0.4 is 4.18 Å². The van der Waals surface area contributed by atoms with Gasteiger partial charge in [0.2, 0.25) is 0 Å². The maximum absolute atomic E-state index is 12.4. The Morgan fingerprint density at radius 2 is 1.50 bits per heavy atom. The van der Waals surface area contributed by atoms with E-state index in [4.69, 9.17) is 4.18 Å². The summed E-state index contributed by atoms with van der Waals surface area (Å²) in [5.74, 6) is 0.375. The highest BCUT2D eigenvalue weighted by Crippen LogP contribution is 2.27. The Labute approximate surface area is 133 Å². The van der Waals surface area contributed by atoms with Gasteiger partial charge < -0.3 is 4.18 Å². The van der Waals surface area contributed by atoms with Gasteiger partial charge in [-0.1, -0.05) is 45.0 Å². The molecule has 22 heavy (non-hydrogen) atoms. The van der Waals surface area contributed by atoms with Gasteiger partial charge in [-0.25, -0.2) is 0 Å². The molecule has 0 aliphatic rings.